The Morgan fingerprint density at radius 2 is 1.45 bits per heavy atom. The summed E-state index contributed by atoms with van der Waals surface area (Å²) in [6.07, 6.45) is -1.76. The van der Waals surface area contributed by atoms with Crippen molar-refractivity contribution in [2.24, 2.45) is 0 Å². The molecule has 0 fully saturated rings. The lowest BCUT2D eigenvalue weighted by atomic mass is 10.2. The van der Waals surface area contributed by atoms with E-state index < -0.39 is 12.2 Å². The van der Waals surface area contributed by atoms with Gasteiger partial charge in [-0.15, -0.1) is 0 Å². The van der Waals surface area contributed by atoms with Crippen LogP contribution >= 0.6 is 11.6 Å². The van der Waals surface area contributed by atoms with Crippen molar-refractivity contribution in [2.45, 2.75) is 13.2 Å². The van der Waals surface area contributed by atoms with Gasteiger partial charge >= 0.3 is 12.2 Å². The third-order valence-electron chi connectivity index (χ3n) is 2.73. The fourth-order valence-electron chi connectivity index (χ4n) is 1.64. The highest BCUT2D eigenvalue weighted by molar-refractivity contribution is 6.31. The molecule has 0 aliphatic carbocycles. The van der Waals surface area contributed by atoms with Gasteiger partial charge in [-0.2, -0.15) is 0 Å². The van der Waals surface area contributed by atoms with Crippen LogP contribution in [0.2, 0.25) is 5.02 Å². The number of amides is 2. The van der Waals surface area contributed by atoms with E-state index in [4.69, 9.17) is 21.1 Å². The average molecular weight is 320 g/mol. The highest BCUT2D eigenvalue weighted by Gasteiger charge is 2.11. The summed E-state index contributed by atoms with van der Waals surface area (Å²) in [6, 6.07) is 16.1. The van der Waals surface area contributed by atoms with Crippen LogP contribution in [-0.2, 0) is 22.7 Å². The number of alkyl carbamates (subject to hydrolysis) is 2. The molecule has 0 aromatic heterocycles. The molecule has 2 aromatic carbocycles. The topological polar surface area (TPSA) is 64.6 Å². The van der Waals surface area contributed by atoms with Crippen molar-refractivity contribution in [2.75, 3.05) is 0 Å². The predicted molar refractivity (Wildman–Crippen MR) is 81.4 cm³/mol. The molecular weight excluding hydrogens is 306 g/mol. The molecule has 0 saturated carbocycles. The summed E-state index contributed by atoms with van der Waals surface area (Å²) in [4.78, 5) is 22.9. The van der Waals surface area contributed by atoms with Crippen LogP contribution in [0.25, 0.3) is 0 Å². The summed E-state index contributed by atoms with van der Waals surface area (Å²) in [5.41, 5.74) is 1.47. The molecule has 5 nitrogen and oxygen atoms in total. The van der Waals surface area contributed by atoms with Gasteiger partial charge in [0.15, 0.2) is 0 Å². The summed E-state index contributed by atoms with van der Waals surface area (Å²) in [7, 11) is 0. The van der Waals surface area contributed by atoms with Gasteiger partial charge in [-0.3, -0.25) is 0 Å². The van der Waals surface area contributed by atoms with Crippen molar-refractivity contribution in [1.29, 1.82) is 0 Å². The minimum Gasteiger partial charge on any atom is -0.444 e. The molecule has 0 aliphatic rings. The summed E-state index contributed by atoms with van der Waals surface area (Å²) in [5, 5.41) is 2.46. The first kappa shape index (κ1) is 15.9. The Hall–Kier alpha value is -2.53. The second-order valence-electron chi connectivity index (χ2n) is 4.35. The van der Waals surface area contributed by atoms with Gasteiger partial charge in [0.1, 0.15) is 13.2 Å². The number of hydrogen-bond donors (Lipinski definition) is 1. The maximum Gasteiger partial charge on any atom is 0.416 e. The van der Waals surface area contributed by atoms with E-state index in [-0.39, 0.29) is 13.2 Å². The molecule has 6 heteroatoms. The first-order valence-electron chi connectivity index (χ1n) is 6.53. The van der Waals surface area contributed by atoms with Crippen LogP contribution in [0, 0.1) is 0 Å². The second kappa shape index (κ2) is 8.05. The first-order chi connectivity index (χ1) is 10.6. The standard InChI is InChI=1S/C16H14ClNO4/c17-14-9-5-4-8-13(14)11-22-16(20)18-15(19)21-10-12-6-2-1-3-7-12/h1-9H,10-11H2,(H,18,19,20). The highest BCUT2D eigenvalue weighted by Crippen LogP contribution is 2.15. The molecule has 2 rings (SSSR count). The summed E-state index contributed by atoms with van der Waals surface area (Å²) < 4.78 is 9.79. The lowest BCUT2D eigenvalue weighted by Crippen LogP contribution is -2.31. The number of ether oxygens (including phenoxy) is 2. The van der Waals surface area contributed by atoms with Crippen molar-refractivity contribution in [3.8, 4) is 0 Å². The average Bonchev–Trinajstić information content (AvgIpc) is 2.53. The number of imide groups is 1. The van der Waals surface area contributed by atoms with Crippen LogP contribution in [0.3, 0.4) is 0 Å². The van der Waals surface area contributed by atoms with E-state index in [0.717, 1.165) is 5.56 Å². The number of halogens is 1. The van der Waals surface area contributed by atoms with Gasteiger partial charge in [0.05, 0.1) is 0 Å². The van der Waals surface area contributed by atoms with Gasteiger partial charge in [-0.25, -0.2) is 14.9 Å². The second-order valence-corrected chi connectivity index (χ2v) is 4.76. The van der Waals surface area contributed by atoms with Crippen LogP contribution in [0.15, 0.2) is 54.6 Å². The maximum atomic E-state index is 11.5. The quantitative estimate of drug-likeness (QED) is 0.928. The molecular formula is C16H14ClNO4. The zero-order valence-corrected chi connectivity index (χ0v) is 12.4. The SMILES string of the molecule is O=C(NC(=O)OCc1ccccc1Cl)OCc1ccccc1. The minimum atomic E-state index is -0.891. The summed E-state index contributed by atoms with van der Waals surface area (Å²) in [6.45, 7) is 0.0436. The number of carbonyl (C=O) groups excluding carboxylic acids is 2. The van der Waals surface area contributed by atoms with Crippen molar-refractivity contribution in [1.82, 2.24) is 5.32 Å². The molecule has 0 spiro atoms. The number of carbonyl (C=O) groups is 2. The van der Waals surface area contributed by atoms with Crippen molar-refractivity contribution >= 4 is 23.8 Å². The number of hydrogen-bond acceptors (Lipinski definition) is 4. The van der Waals surface area contributed by atoms with Gasteiger partial charge < -0.3 is 9.47 Å². The molecule has 0 unspecified atom stereocenters. The summed E-state index contributed by atoms with van der Waals surface area (Å²) >= 11 is 5.93. The van der Waals surface area contributed by atoms with Crippen molar-refractivity contribution < 1.29 is 19.1 Å². The van der Waals surface area contributed by atoms with Gasteiger partial charge in [0.2, 0.25) is 0 Å². The predicted octanol–water partition coefficient (Wildman–Crippen LogP) is 3.90. The van der Waals surface area contributed by atoms with E-state index in [2.05, 4.69) is 0 Å². The zero-order valence-electron chi connectivity index (χ0n) is 11.6. The Morgan fingerprint density at radius 1 is 0.864 bits per heavy atom. The molecule has 2 aromatic rings. The Bertz CT molecular complexity index is 646. The van der Waals surface area contributed by atoms with E-state index in [1.54, 1.807) is 24.3 Å². The smallest absolute Gasteiger partial charge is 0.416 e. The minimum absolute atomic E-state index is 0.0303. The number of benzene rings is 2. The first-order valence-corrected chi connectivity index (χ1v) is 6.91. The van der Waals surface area contributed by atoms with Crippen LogP contribution in [0.4, 0.5) is 9.59 Å². The molecule has 0 aliphatic heterocycles. The Morgan fingerprint density at radius 3 is 2.14 bits per heavy atom. The third-order valence-corrected chi connectivity index (χ3v) is 3.10. The third kappa shape index (κ3) is 5.10. The fourth-order valence-corrected chi connectivity index (χ4v) is 1.83. The molecule has 0 radical (unpaired) electrons. The Labute approximate surface area is 132 Å². The largest absolute Gasteiger partial charge is 0.444 e. The number of nitrogens with one attached hydrogen (secondary N) is 1. The lowest BCUT2D eigenvalue weighted by molar-refractivity contribution is 0.117. The van der Waals surface area contributed by atoms with Gasteiger partial charge in [0.25, 0.3) is 0 Å². The summed E-state index contributed by atoms with van der Waals surface area (Å²) in [5.74, 6) is 0. The van der Waals surface area contributed by atoms with Gasteiger partial charge in [0, 0.05) is 10.6 Å². The Balaban J connectivity index is 1.72. The molecule has 0 saturated heterocycles. The van der Waals surface area contributed by atoms with Crippen molar-refractivity contribution in [3.63, 3.8) is 0 Å². The highest BCUT2D eigenvalue weighted by atomic mass is 35.5. The molecule has 1 N–H and O–H groups in total. The molecule has 0 heterocycles. The van der Waals surface area contributed by atoms with E-state index in [0.29, 0.717) is 10.6 Å². The fraction of sp³-hybridized carbons (Fsp3) is 0.125. The van der Waals surface area contributed by atoms with Crippen molar-refractivity contribution in [3.05, 3.63) is 70.7 Å². The lowest BCUT2D eigenvalue weighted by Gasteiger charge is -2.08. The van der Waals surface area contributed by atoms with Gasteiger partial charge in [-0.1, -0.05) is 60.1 Å². The molecule has 22 heavy (non-hydrogen) atoms. The molecule has 0 atom stereocenters. The monoisotopic (exact) mass is 319 g/mol. The number of rotatable bonds is 4. The van der Waals surface area contributed by atoms with E-state index in [1.165, 1.54) is 0 Å². The molecule has 2 amide bonds. The maximum absolute atomic E-state index is 11.5. The van der Waals surface area contributed by atoms with Crippen LogP contribution < -0.4 is 5.32 Å². The van der Waals surface area contributed by atoms with E-state index >= 15 is 0 Å². The normalized spacial score (nSPS) is 9.86. The van der Waals surface area contributed by atoms with Gasteiger partial charge in [-0.05, 0) is 11.6 Å². The van der Waals surface area contributed by atoms with E-state index in [9.17, 15) is 9.59 Å². The zero-order chi connectivity index (χ0) is 15.8. The van der Waals surface area contributed by atoms with Crippen LogP contribution in [0.1, 0.15) is 11.1 Å². The molecule has 114 valence electrons. The molecule has 0 bridgehead atoms. The van der Waals surface area contributed by atoms with Crippen LogP contribution in [-0.4, -0.2) is 12.2 Å². The van der Waals surface area contributed by atoms with E-state index in [1.807, 2.05) is 35.6 Å². The Kier molecular flexibility index (Phi) is 5.80. The van der Waals surface area contributed by atoms with Crippen LogP contribution in [0.5, 0.6) is 0 Å².